The molecule has 0 radical (unpaired) electrons. The monoisotopic (exact) mass is 365 g/mol. The molecule has 1 amide bonds. The van der Waals surface area contributed by atoms with Gasteiger partial charge in [0, 0.05) is 44.4 Å². The fourth-order valence-corrected chi connectivity index (χ4v) is 4.01. The number of nitrogens with zero attached hydrogens (tertiary/aromatic N) is 4. The second-order valence-electron chi connectivity index (χ2n) is 7.54. The van der Waals surface area contributed by atoms with Crippen LogP contribution in [0.15, 0.2) is 30.6 Å². The minimum atomic E-state index is 0.254. The van der Waals surface area contributed by atoms with Crippen molar-refractivity contribution < 1.29 is 4.79 Å². The summed E-state index contributed by atoms with van der Waals surface area (Å²) in [6.07, 6.45) is 7.33. The summed E-state index contributed by atoms with van der Waals surface area (Å²) in [5.74, 6) is 2.57. The normalized spacial score (nSPS) is 17.6. The second kappa shape index (κ2) is 7.55. The molecule has 0 unspecified atom stereocenters. The van der Waals surface area contributed by atoms with Gasteiger partial charge in [-0.2, -0.15) is 0 Å². The molecule has 0 saturated carbocycles. The molecule has 0 spiro atoms. The lowest BCUT2D eigenvalue weighted by Crippen LogP contribution is -2.39. The number of aromatic nitrogens is 4. The number of para-hydroxylation sites is 1. The number of hydrogen-bond donors (Lipinski definition) is 1. The number of likely N-dealkylation sites (tertiary alicyclic amines) is 1. The Kier molecular flexibility index (Phi) is 4.97. The van der Waals surface area contributed by atoms with E-state index in [1.165, 1.54) is 5.56 Å². The molecule has 1 atom stereocenters. The molecule has 1 aliphatic heterocycles. The van der Waals surface area contributed by atoms with E-state index < -0.39 is 0 Å². The van der Waals surface area contributed by atoms with Gasteiger partial charge in [-0.15, -0.1) is 0 Å². The Balaban J connectivity index is 1.37. The van der Waals surface area contributed by atoms with Crippen LogP contribution < -0.4 is 0 Å². The fourth-order valence-electron chi connectivity index (χ4n) is 4.01. The molecule has 0 aliphatic carbocycles. The van der Waals surface area contributed by atoms with Crippen molar-refractivity contribution in [2.45, 2.75) is 52.0 Å². The molecule has 6 nitrogen and oxygen atoms in total. The summed E-state index contributed by atoms with van der Waals surface area (Å²) in [6, 6.07) is 6.21. The van der Waals surface area contributed by atoms with Crippen LogP contribution in [0, 0.1) is 13.8 Å². The van der Waals surface area contributed by atoms with Crippen LogP contribution in [0.4, 0.5) is 0 Å². The number of aromatic amines is 1. The maximum atomic E-state index is 12.7. The number of aryl methyl sites for hydroxylation is 3. The highest BCUT2D eigenvalue weighted by Gasteiger charge is 2.26. The standard InChI is InChI=1S/C21H27N5O/c1-15-6-3-8-18-20(15)24-21(23-18)17-7-4-12-26(14-17)19(27)9-5-11-25-13-10-22-16(25)2/h3,6,8,10,13,17H,4-5,7,9,11-12,14H2,1-2H3,(H,23,24)/t17-/m1/s1. The summed E-state index contributed by atoms with van der Waals surface area (Å²) >= 11 is 0. The Bertz CT molecular complexity index is 941. The molecule has 3 aromatic rings. The average Bonchev–Trinajstić information content (AvgIpc) is 3.29. The van der Waals surface area contributed by atoms with Gasteiger partial charge in [0.1, 0.15) is 11.6 Å². The smallest absolute Gasteiger partial charge is 0.222 e. The number of carbonyl (C=O) groups is 1. The highest BCUT2D eigenvalue weighted by Crippen LogP contribution is 2.28. The Labute approximate surface area is 159 Å². The number of hydrogen-bond acceptors (Lipinski definition) is 3. The summed E-state index contributed by atoms with van der Waals surface area (Å²) in [5, 5.41) is 0. The van der Waals surface area contributed by atoms with Crippen LogP contribution in [-0.4, -0.2) is 43.4 Å². The third-order valence-corrected chi connectivity index (χ3v) is 5.61. The zero-order valence-electron chi connectivity index (χ0n) is 16.1. The molecule has 1 saturated heterocycles. The molecule has 142 valence electrons. The van der Waals surface area contributed by atoms with E-state index in [1.54, 1.807) is 6.20 Å². The van der Waals surface area contributed by atoms with Crippen LogP contribution >= 0.6 is 0 Å². The van der Waals surface area contributed by atoms with Gasteiger partial charge in [0.15, 0.2) is 0 Å². The molecule has 6 heteroatoms. The molecule has 1 aromatic carbocycles. The van der Waals surface area contributed by atoms with E-state index in [9.17, 15) is 4.79 Å². The molecular formula is C21H27N5O. The van der Waals surface area contributed by atoms with Gasteiger partial charge in [0.25, 0.3) is 0 Å². The minimum absolute atomic E-state index is 0.254. The first-order valence-corrected chi connectivity index (χ1v) is 9.82. The highest BCUT2D eigenvalue weighted by atomic mass is 16.2. The largest absolute Gasteiger partial charge is 0.342 e. The van der Waals surface area contributed by atoms with Crippen LogP contribution in [0.25, 0.3) is 11.0 Å². The quantitative estimate of drug-likeness (QED) is 0.752. The van der Waals surface area contributed by atoms with Crippen molar-refractivity contribution in [3.05, 3.63) is 47.8 Å². The van der Waals surface area contributed by atoms with E-state index in [0.29, 0.717) is 12.3 Å². The lowest BCUT2D eigenvalue weighted by molar-refractivity contribution is -0.132. The Hall–Kier alpha value is -2.63. The molecule has 2 aromatic heterocycles. The average molecular weight is 365 g/mol. The third-order valence-electron chi connectivity index (χ3n) is 5.61. The van der Waals surface area contributed by atoms with Crippen molar-refractivity contribution in [2.75, 3.05) is 13.1 Å². The molecule has 0 bridgehead atoms. The first kappa shape index (κ1) is 17.8. The SMILES string of the molecule is Cc1cccc2[nH]c([C@@H]3CCCN(C(=O)CCCn4ccnc4C)C3)nc12. The molecule has 1 N–H and O–H groups in total. The second-order valence-corrected chi connectivity index (χ2v) is 7.54. The Morgan fingerprint density at radius 1 is 1.33 bits per heavy atom. The number of H-pyrrole nitrogens is 1. The van der Waals surface area contributed by atoms with E-state index in [2.05, 4.69) is 39.7 Å². The van der Waals surface area contributed by atoms with Gasteiger partial charge in [-0.3, -0.25) is 4.79 Å². The van der Waals surface area contributed by atoms with Gasteiger partial charge in [-0.25, -0.2) is 9.97 Å². The number of amides is 1. The molecule has 1 aliphatic rings. The first-order chi connectivity index (χ1) is 13.1. The number of fused-ring (bicyclic) bond motifs is 1. The number of carbonyl (C=O) groups excluding carboxylic acids is 1. The van der Waals surface area contributed by atoms with Gasteiger partial charge in [-0.1, -0.05) is 12.1 Å². The van der Waals surface area contributed by atoms with Crippen molar-refractivity contribution in [1.82, 2.24) is 24.4 Å². The van der Waals surface area contributed by atoms with E-state index in [1.807, 2.05) is 18.0 Å². The van der Waals surface area contributed by atoms with Gasteiger partial charge in [0.05, 0.1) is 11.0 Å². The third kappa shape index (κ3) is 3.75. The molecule has 3 heterocycles. The van der Waals surface area contributed by atoms with Crippen molar-refractivity contribution in [3.8, 4) is 0 Å². The van der Waals surface area contributed by atoms with Gasteiger partial charge in [-0.05, 0) is 44.7 Å². The van der Waals surface area contributed by atoms with E-state index in [-0.39, 0.29) is 5.91 Å². The lowest BCUT2D eigenvalue weighted by Gasteiger charge is -2.32. The van der Waals surface area contributed by atoms with Crippen molar-refractivity contribution in [2.24, 2.45) is 0 Å². The number of imidazole rings is 2. The summed E-state index contributed by atoms with van der Waals surface area (Å²) in [5.41, 5.74) is 3.32. The molecule has 27 heavy (non-hydrogen) atoms. The topological polar surface area (TPSA) is 66.8 Å². The predicted molar refractivity (Wildman–Crippen MR) is 106 cm³/mol. The van der Waals surface area contributed by atoms with Crippen LogP contribution in [0.5, 0.6) is 0 Å². The molecule has 1 fully saturated rings. The van der Waals surface area contributed by atoms with Crippen LogP contribution in [0.1, 0.15) is 48.8 Å². The van der Waals surface area contributed by atoms with E-state index in [4.69, 9.17) is 4.98 Å². The zero-order chi connectivity index (χ0) is 18.8. The highest BCUT2D eigenvalue weighted by molar-refractivity contribution is 5.79. The number of nitrogens with one attached hydrogen (secondary N) is 1. The van der Waals surface area contributed by atoms with Crippen molar-refractivity contribution >= 4 is 16.9 Å². The fraction of sp³-hybridized carbons (Fsp3) is 0.476. The maximum Gasteiger partial charge on any atom is 0.222 e. The maximum absolute atomic E-state index is 12.7. The van der Waals surface area contributed by atoms with Crippen molar-refractivity contribution in [3.63, 3.8) is 0 Å². The molecular weight excluding hydrogens is 338 g/mol. The molecule has 4 rings (SSSR count). The van der Waals surface area contributed by atoms with Gasteiger partial charge < -0.3 is 14.5 Å². The van der Waals surface area contributed by atoms with Gasteiger partial charge in [0.2, 0.25) is 5.91 Å². The zero-order valence-corrected chi connectivity index (χ0v) is 16.1. The van der Waals surface area contributed by atoms with Gasteiger partial charge >= 0.3 is 0 Å². The van der Waals surface area contributed by atoms with Crippen LogP contribution in [0.2, 0.25) is 0 Å². The van der Waals surface area contributed by atoms with Crippen molar-refractivity contribution in [1.29, 1.82) is 0 Å². The predicted octanol–water partition coefficient (Wildman–Crippen LogP) is 3.56. The number of rotatable bonds is 5. The number of piperidine rings is 1. The van der Waals surface area contributed by atoms with Crippen LogP contribution in [0.3, 0.4) is 0 Å². The van der Waals surface area contributed by atoms with E-state index >= 15 is 0 Å². The summed E-state index contributed by atoms with van der Waals surface area (Å²) in [7, 11) is 0. The summed E-state index contributed by atoms with van der Waals surface area (Å²) in [6.45, 7) is 6.55. The van der Waals surface area contributed by atoms with E-state index in [0.717, 1.165) is 61.6 Å². The summed E-state index contributed by atoms with van der Waals surface area (Å²) in [4.78, 5) is 27.2. The Morgan fingerprint density at radius 2 is 2.22 bits per heavy atom. The number of benzene rings is 1. The minimum Gasteiger partial charge on any atom is -0.342 e. The first-order valence-electron chi connectivity index (χ1n) is 9.82. The Morgan fingerprint density at radius 3 is 3.00 bits per heavy atom. The lowest BCUT2D eigenvalue weighted by atomic mass is 9.97. The van der Waals surface area contributed by atoms with Crippen LogP contribution in [-0.2, 0) is 11.3 Å². The summed E-state index contributed by atoms with van der Waals surface area (Å²) < 4.78 is 2.10.